The molecule has 0 amide bonds. The lowest BCUT2D eigenvalue weighted by atomic mass is 10.0. The second-order valence-electron chi connectivity index (χ2n) is 5.39. The molecule has 4 rings (SSSR count). The number of aromatic nitrogens is 2. The second kappa shape index (κ2) is 5.61. The van der Waals surface area contributed by atoms with Gasteiger partial charge in [-0.3, -0.25) is 4.98 Å². The highest BCUT2D eigenvalue weighted by Crippen LogP contribution is 2.39. The number of aromatic amines is 1. The van der Waals surface area contributed by atoms with Gasteiger partial charge in [-0.2, -0.15) is 0 Å². The first-order valence-electron chi connectivity index (χ1n) is 7.53. The predicted octanol–water partition coefficient (Wildman–Crippen LogP) is 4.91. The maximum absolute atomic E-state index is 5.54. The number of hydrogen-bond donors (Lipinski definition) is 1. The maximum atomic E-state index is 5.54. The van der Waals surface area contributed by atoms with Gasteiger partial charge in [-0.15, -0.1) is 0 Å². The Labute approximate surface area is 134 Å². The van der Waals surface area contributed by atoms with Crippen molar-refractivity contribution < 1.29 is 4.74 Å². The summed E-state index contributed by atoms with van der Waals surface area (Å²) in [7, 11) is 1.69. The van der Waals surface area contributed by atoms with Crippen LogP contribution in [0.4, 0.5) is 0 Å². The first-order chi connectivity index (χ1) is 11.4. The van der Waals surface area contributed by atoms with Crippen molar-refractivity contribution in [1.29, 1.82) is 0 Å². The van der Waals surface area contributed by atoms with Crippen LogP contribution in [0.5, 0.6) is 5.75 Å². The van der Waals surface area contributed by atoms with Crippen molar-refractivity contribution in [2.24, 2.45) is 0 Å². The molecule has 2 aromatic heterocycles. The Morgan fingerprint density at radius 2 is 1.70 bits per heavy atom. The summed E-state index contributed by atoms with van der Waals surface area (Å²) in [6.07, 6.45) is 3.80. The molecule has 3 nitrogen and oxygen atoms in total. The second-order valence-corrected chi connectivity index (χ2v) is 5.39. The van der Waals surface area contributed by atoms with Gasteiger partial charge >= 0.3 is 0 Å². The monoisotopic (exact) mass is 300 g/mol. The van der Waals surface area contributed by atoms with Crippen molar-refractivity contribution in [3.05, 3.63) is 73.1 Å². The highest BCUT2D eigenvalue weighted by atomic mass is 16.5. The first kappa shape index (κ1) is 13.6. The molecule has 0 aliphatic heterocycles. The number of H-pyrrole nitrogens is 1. The van der Waals surface area contributed by atoms with E-state index in [0.29, 0.717) is 0 Å². The molecule has 0 fully saturated rings. The number of hydrogen-bond acceptors (Lipinski definition) is 2. The molecule has 112 valence electrons. The van der Waals surface area contributed by atoms with E-state index in [1.807, 2.05) is 48.8 Å². The van der Waals surface area contributed by atoms with Gasteiger partial charge in [0, 0.05) is 28.9 Å². The summed E-state index contributed by atoms with van der Waals surface area (Å²) < 4.78 is 5.54. The third-order valence-electron chi connectivity index (χ3n) is 4.01. The molecule has 0 spiro atoms. The number of nitrogens with one attached hydrogen (secondary N) is 1. The van der Waals surface area contributed by atoms with Crippen molar-refractivity contribution >= 4 is 10.9 Å². The van der Waals surface area contributed by atoms with Gasteiger partial charge in [0.15, 0.2) is 0 Å². The van der Waals surface area contributed by atoms with Crippen molar-refractivity contribution in [2.45, 2.75) is 0 Å². The van der Waals surface area contributed by atoms with E-state index in [1.54, 1.807) is 7.11 Å². The van der Waals surface area contributed by atoms with Crippen LogP contribution < -0.4 is 4.74 Å². The summed E-state index contributed by atoms with van der Waals surface area (Å²) in [6.45, 7) is 0. The molecule has 0 aliphatic rings. The molecule has 3 heteroatoms. The summed E-state index contributed by atoms with van der Waals surface area (Å²) in [6, 6.07) is 20.5. The number of ether oxygens (including phenoxy) is 1. The van der Waals surface area contributed by atoms with Crippen LogP contribution in [0.2, 0.25) is 0 Å². The first-order valence-corrected chi connectivity index (χ1v) is 7.53. The zero-order chi connectivity index (χ0) is 15.6. The number of nitrogens with zero attached hydrogens (tertiary/aromatic N) is 1. The van der Waals surface area contributed by atoms with Gasteiger partial charge in [0.05, 0.1) is 18.3 Å². The predicted molar refractivity (Wildman–Crippen MR) is 93.5 cm³/mol. The largest absolute Gasteiger partial charge is 0.494 e. The summed E-state index contributed by atoms with van der Waals surface area (Å²) in [5, 5.41) is 1.12. The van der Waals surface area contributed by atoms with Crippen LogP contribution in [-0.4, -0.2) is 17.1 Å². The molecule has 23 heavy (non-hydrogen) atoms. The van der Waals surface area contributed by atoms with E-state index < -0.39 is 0 Å². The minimum Gasteiger partial charge on any atom is -0.494 e. The molecule has 4 aromatic rings. The van der Waals surface area contributed by atoms with Crippen LogP contribution in [0.15, 0.2) is 73.1 Å². The Morgan fingerprint density at radius 3 is 2.52 bits per heavy atom. The number of para-hydroxylation sites is 1. The van der Waals surface area contributed by atoms with Crippen molar-refractivity contribution in [3.8, 4) is 28.1 Å². The Bertz CT molecular complexity index is 958. The summed E-state index contributed by atoms with van der Waals surface area (Å²) in [5.74, 6) is 0.833. The number of pyridine rings is 1. The average Bonchev–Trinajstić information content (AvgIpc) is 3.06. The molecule has 2 heterocycles. The van der Waals surface area contributed by atoms with Gasteiger partial charge in [-0.25, -0.2) is 0 Å². The molecule has 0 aliphatic carbocycles. The number of benzene rings is 2. The summed E-state index contributed by atoms with van der Waals surface area (Å²) in [4.78, 5) is 7.91. The molecule has 1 N–H and O–H groups in total. The normalized spacial score (nSPS) is 10.8. The Kier molecular flexibility index (Phi) is 3.31. The molecule has 0 bridgehead atoms. The van der Waals surface area contributed by atoms with Crippen LogP contribution in [0.3, 0.4) is 0 Å². The summed E-state index contributed by atoms with van der Waals surface area (Å²) in [5.41, 5.74) is 5.24. The molecule has 2 aromatic carbocycles. The zero-order valence-corrected chi connectivity index (χ0v) is 12.8. The quantitative estimate of drug-likeness (QED) is 0.584. The Balaban J connectivity index is 1.93. The molecule has 0 radical (unpaired) electrons. The number of rotatable bonds is 3. The van der Waals surface area contributed by atoms with Gasteiger partial charge in [0.1, 0.15) is 5.75 Å². The highest BCUT2D eigenvalue weighted by molar-refractivity contribution is 5.89. The van der Waals surface area contributed by atoms with E-state index in [4.69, 9.17) is 4.74 Å². The van der Waals surface area contributed by atoms with Gasteiger partial charge < -0.3 is 9.72 Å². The van der Waals surface area contributed by atoms with Crippen LogP contribution in [0.1, 0.15) is 0 Å². The van der Waals surface area contributed by atoms with E-state index in [-0.39, 0.29) is 0 Å². The van der Waals surface area contributed by atoms with Gasteiger partial charge in [0.25, 0.3) is 0 Å². The molecular weight excluding hydrogens is 284 g/mol. The van der Waals surface area contributed by atoms with Crippen LogP contribution in [0, 0.1) is 0 Å². The number of fused-ring (bicyclic) bond motifs is 1. The third kappa shape index (κ3) is 2.36. The van der Waals surface area contributed by atoms with E-state index in [1.165, 1.54) is 0 Å². The fourth-order valence-electron chi connectivity index (χ4n) is 2.89. The Morgan fingerprint density at radius 1 is 0.913 bits per heavy atom. The minimum absolute atomic E-state index is 0.833. The van der Waals surface area contributed by atoms with Crippen molar-refractivity contribution in [1.82, 2.24) is 9.97 Å². The van der Waals surface area contributed by atoms with E-state index >= 15 is 0 Å². The van der Waals surface area contributed by atoms with E-state index in [0.717, 1.165) is 39.0 Å². The molecule has 0 atom stereocenters. The van der Waals surface area contributed by atoms with Gasteiger partial charge in [-0.05, 0) is 17.7 Å². The fraction of sp³-hybridized carbons (Fsp3) is 0.0500. The average molecular weight is 300 g/mol. The topological polar surface area (TPSA) is 37.9 Å². The van der Waals surface area contributed by atoms with Crippen LogP contribution in [0.25, 0.3) is 33.3 Å². The lowest BCUT2D eigenvalue weighted by molar-refractivity contribution is 0.417. The Hall–Kier alpha value is -3.07. The highest BCUT2D eigenvalue weighted by Gasteiger charge is 2.16. The van der Waals surface area contributed by atoms with Crippen molar-refractivity contribution in [2.75, 3.05) is 7.11 Å². The van der Waals surface area contributed by atoms with Crippen LogP contribution in [-0.2, 0) is 0 Å². The zero-order valence-electron chi connectivity index (χ0n) is 12.8. The molecular formula is C20H16N2O. The third-order valence-corrected chi connectivity index (χ3v) is 4.01. The van der Waals surface area contributed by atoms with Crippen molar-refractivity contribution in [3.63, 3.8) is 0 Å². The lowest BCUT2D eigenvalue weighted by Gasteiger charge is -2.08. The molecule has 0 unspecified atom stereocenters. The lowest BCUT2D eigenvalue weighted by Crippen LogP contribution is -1.88. The van der Waals surface area contributed by atoms with E-state index in [2.05, 4.69) is 34.2 Å². The van der Waals surface area contributed by atoms with E-state index in [9.17, 15) is 0 Å². The SMILES string of the molecule is COc1c[nH]c(-c2cnc3ccccc3c2)c1-c1ccccc1. The summed E-state index contributed by atoms with van der Waals surface area (Å²) >= 11 is 0. The van der Waals surface area contributed by atoms with Crippen LogP contribution >= 0.6 is 0 Å². The van der Waals surface area contributed by atoms with Gasteiger partial charge in [0.2, 0.25) is 0 Å². The standard InChI is InChI=1S/C20H16N2O/c1-23-18-13-22-20(19(18)14-7-3-2-4-8-14)16-11-15-9-5-6-10-17(15)21-12-16/h2-13,22H,1H3. The molecule has 0 saturated heterocycles. The molecule has 0 saturated carbocycles. The van der Waals surface area contributed by atoms with Gasteiger partial charge in [-0.1, -0.05) is 48.5 Å². The smallest absolute Gasteiger partial charge is 0.144 e. The minimum atomic E-state index is 0.833. The maximum Gasteiger partial charge on any atom is 0.144 e. The number of methoxy groups -OCH3 is 1. The fourth-order valence-corrected chi connectivity index (χ4v) is 2.89.